The lowest BCUT2D eigenvalue weighted by Gasteiger charge is -2.30. The number of carbonyl (C=O) groups is 1. The number of anilines is 1. The summed E-state index contributed by atoms with van der Waals surface area (Å²) in [4.78, 5) is 16.8. The highest BCUT2D eigenvalue weighted by Gasteiger charge is 2.49. The maximum absolute atomic E-state index is 12.3. The molecule has 1 aromatic carbocycles. The maximum Gasteiger partial charge on any atom is 0.219 e. The van der Waals surface area contributed by atoms with Crippen molar-refractivity contribution in [3.63, 3.8) is 0 Å². The molecule has 0 spiro atoms. The Balaban J connectivity index is 1.68. The van der Waals surface area contributed by atoms with Crippen molar-refractivity contribution in [2.24, 2.45) is 11.8 Å². The van der Waals surface area contributed by atoms with Gasteiger partial charge in [-0.2, -0.15) is 5.10 Å². The highest BCUT2D eigenvalue weighted by Crippen LogP contribution is 2.46. The second kappa shape index (κ2) is 6.38. The van der Waals surface area contributed by atoms with Crippen LogP contribution in [0.4, 0.5) is 5.82 Å². The predicted molar refractivity (Wildman–Crippen MR) is 102 cm³/mol. The van der Waals surface area contributed by atoms with Crippen molar-refractivity contribution in [3.8, 4) is 0 Å². The highest BCUT2D eigenvalue weighted by atomic mass is 16.2. The molecule has 2 aromatic rings. The van der Waals surface area contributed by atoms with Gasteiger partial charge in [-0.3, -0.25) is 4.79 Å². The average Bonchev–Trinajstić information content (AvgIpc) is 3.16. The Morgan fingerprint density at radius 3 is 2.58 bits per heavy atom. The Kier molecular flexibility index (Phi) is 4.17. The minimum absolute atomic E-state index is 0.154. The van der Waals surface area contributed by atoms with Crippen LogP contribution in [0.15, 0.2) is 30.5 Å². The Bertz CT molecular complexity index is 850. The molecule has 0 unspecified atom stereocenters. The molecule has 0 saturated carbocycles. The van der Waals surface area contributed by atoms with Crippen LogP contribution in [0.3, 0.4) is 0 Å². The van der Waals surface area contributed by atoms with Crippen molar-refractivity contribution in [3.05, 3.63) is 52.7 Å². The summed E-state index contributed by atoms with van der Waals surface area (Å²) in [6, 6.07) is 8.62. The first-order chi connectivity index (χ1) is 12.5. The third-order valence-electron chi connectivity index (χ3n) is 6.21. The minimum atomic E-state index is 0.154. The molecule has 5 heteroatoms. The molecular weight excluding hydrogens is 324 g/mol. The zero-order valence-corrected chi connectivity index (χ0v) is 15.9. The molecule has 4 rings (SSSR count). The summed E-state index contributed by atoms with van der Waals surface area (Å²) in [5.74, 6) is 2.08. The third kappa shape index (κ3) is 2.66. The molecule has 3 atom stereocenters. The van der Waals surface area contributed by atoms with E-state index in [2.05, 4.69) is 65.0 Å². The fourth-order valence-corrected chi connectivity index (χ4v) is 4.68. The van der Waals surface area contributed by atoms with Crippen LogP contribution < -0.4 is 4.90 Å². The van der Waals surface area contributed by atoms with Crippen molar-refractivity contribution in [2.45, 2.75) is 33.7 Å². The van der Waals surface area contributed by atoms with Gasteiger partial charge in [0, 0.05) is 38.4 Å². The van der Waals surface area contributed by atoms with Gasteiger partial charge in [-0.25, -0.2) is 0 Å². The number of fused-ring (bicyclic) bond motifs is 1. The SMILES string of the molecule is CC(=O)N1C[C@H]2CN(c3nncc(C)c3C)C[C@H]2[C@@H]1c1ccccc1C. The third-order valence-corrected chi connectivity index (χ3v) is 6.21. The lowest BCUT2D eigenvalue weighted by molar-refractivity contribution is -0.130. The van der Waals surface area contributed by atoms with Gasteiger partial charge in [-0.1, -0.05) is 24.3 Å². The lowest BCUT2D eigenvalue weighted by Crippen LogP contribution is -2.35. The summed E-state index contributed by atoms with van der Waals surface area (Å²) in [7, 11) is 0. The lowest BCUT2D eigenvalue weighted by atomic mass is 9.87. The quantitative estimate of drug-likeness (QED) is 0.835. The Morgan fingerprint density at radius 1 is 1.08 bits per heavy atom. The van der Waals surface area contributed by atoms with E-state index < -0.39 is 0 Å². The number of aryl methyl sites for hydroxylation is 2. The monoisotopic (exact) mass is 350 g/mol. The molecule has 0 bridgehead atoms. The van der Waals surface area contributed by atoms with Crippen LogP contribution >= 0.6 is 0 Å². The van der Waals surface area contributed by atoms with Crippen molar-refractivity contribution in [1.29, 1.82) is 0 Å². The second-order valence-electron chi connectivity index (χ2n) is 7.78. The van der Waals surface area contributed by atoms with E-state index in [0.717, 1.165) is 25.5 Å². The summed E-state index contributed by atoms with van der Waals surface area (Å²) in [6.07, 6.45) is 1.82. The number of likely N-dealkylation sites (tertiary alicyclic amines) is 1. The average molecular weight is 350 g/mol. The number of aromatic nitrogens is 2. The van der Waals surface area contributed by atoms with E-state index in [9.17, 15) is 4.79 Å². The van der Waals surface area contributed by atoms with Gasteiger partial charge in [0.25, 0.3) is 0 Å². The molecule has 5 nitrogen and oxygen atoms in total. The van der Waals surface area contributed by atoms with Gasteiger partial charge in [0.15, 0.2) is 5.82 Å². The molecule has 136 valence electrons. The first-order valence-corrected chi connectivity index (χ1v) is 9.34. The van der Waals surface area contributed by atoms with Gasteiger partial charge in [0.1, 0.15) is 0 Å². The molecule has 0 N–H and O–H groups in total. The zero-order valence-electron chi connectivity index (χ0n) is 15.9. The summed E-state index contributed by atoms with van der Waals surface area (Å²) < 4.78 is 0. The van der Waals surface area contributed by atoms with E-state index in [4.69, 9.17) is 0 Å². The van der Waals surface area contributed by atoms with Crippen LogP contribution in [-0.2, 0) is 4.79 Å². The van der Waals surface area contributed by atoms with Crippen LogP contribution in [0.1, 0.15) is 35.2 Å². The van der Waals surface area contributed by atoms with Crippen LogP contribution in [0.5, 0.6) is 0 Å². The zero-order chi connectivity index (χ0) is 18.4. The van der Waals surface area contributed by atoms with Crippen LogP contribution in [0, 0.1) is 32.6 Å². The van der Waals surface area contributed by atoms with E-state index in [1.807, 2.05) is 6.20 Å². The molecular formula is C21H26N4O. The number of rotatable bonds is 2. The Labute approximate surface area is 155 Å². The summed E-state index contributed by atoms with van der Waals surface area (Å²) in [6.45, 7) is 10.7. The standard InChI is InChI=1S/C21H26N4O/c1-13-7-5-6-8-18(13)20-19-12-24(10-17(19)11-25(20)16(4)26)21-15(3)14(2)9-22-23-21/h5-9,17,19-20H,10-12H2,1-4H3/t17-,19-,20+/m1/s1. The number of carbonyl (C=O) groups excluding carboxylic acids is 1. The fourth-order valence-electron chi connectivity index (χ4n) is 4.68. The van der Waals surface area contributed by atoms with E-state index in [1.54, 1.807) is 6.92 Å². The molecule has 2 fully saturated rings. The van der Waals surface area contributed by atoms with Crippen molar-refractivity contribution in [2.75, 3.05) is 24.5 Å². The topological polar surface area (TPSA) is 49.3 Å². The largest absolute Gasteiger partial charge is 0.354 e. The van der Waals surface area contributed by atoms with Gasteiger partial charge in [0.05, 0.1) is 12.2 Å². The number of benzene rings is 1. The molecule has 2 saturated heterocycles. The van der Waals surface area contributed by atoms with Gasteiger partial charge in [-0.05, 0) is 43.0 Å². The number of amides is 1. The van der Waals surface area contributed by atoms with E-state index >= 15 is 0 Å². The fraction of sp³-hybridized carbons (Fsp3) is 0.476. The van der Waals surface area contributed by atoms with Crippen LogP contribution in [0.25, 0.3) is 0 Å². The van der Waals surface area contributed by atoms with Crippen LogP contribution in [-0.4, -0.2) is 40.6 Å². The molecule has 1 aromatic heterocycles. The van der Waals surface area contributed by atoms with Crippen molar-refractivity contribution < 1.29 is 4.79 Å². The molecule has 0 aliphatic carbocycles. The molecule has 2 aliphatic rings. The predicted octanol–water partition coefficient (Wildman–Crippen LogP) is 3.06. The van der Waals surface area contributed by atoms with E-state index in [1.165, 1.54) is 22.3 Å². The van der Waals surface area contributed by atoms with Crippen molar-refractivity contribution in [1.82, 2.24) is 15.1 Å². The Hall–Kier alpha value is -2.43. The number of hydrogen-bond acceptors (Lipinski definition) is 4. The normalized spacial score (nSPS) is 24.8. The van der Waals surface area contributed by atoms with Crippen molar-refractivity contribution >= 4 is 11.7 Å². The highest BCUT2D eigenvalue weighted by molar-refractivity contribution is 5.74. The smallest absolute Gasteiger partial charge is 0.219 e. The van der Waals surface area contributed by atoms with Gasteiger partial charge >= 0.3 is 0 Å². The van der Waals surface area contributed by atoms with Crippen LogP contribution in [0.2, 0.25) is 0 Å². The van der Waals surface area contributed by atoms with Gasteiger partial charge < -0.3 is 9.80 Å². The minimum Gasteiger partial charge on any atom is -0.354 e. The van der Waals surface area contributed by atoms with E-state index in [-0.39, 0.29) is 11.9 Å². The summed E-state index contributed by atoms with van der Waals surface area (Å²) >= 11 is 0. The molecule has 0 radical (unpaired) electrons. The molecule has 3 heterocycles. The first kappa shape index (κ1) is 17.0. The second-order valence-corrected chi connectivity index (χ2v) is 7.78. The summed E-state index contributed by atoms with van der Waals surface area (Å²) in [5, 5.41) is 8.58. The first-order valence-electron chi connectivity index (χ1n) is 9.34. The number of hydrogen-bond donors (Lipinski definition) is 0. The molecule has 1 amide bonds. The van der Waals surface area contributed by atoms with Gasteiger partial charge in [-0.15, -0.1) is 5.10 Å². The number of nitrogens with zero attached hydrogens (tertiary/aromatic N) is 4. The molecule has 2 aliphatic heterocycles. The summed E-state index contributed by atoms with van der Waals surface area (Å²) in [5.41, 5.74) is 4.92. The van der Waals surface area contributed by atoms with Gasteiger partial charge in [0.2, 0.25) is 5.91 Å². The maximum atomic E-state index is 12.3. The van der Waals surface area contributed by atoms with E-state index in [0.29, 0.717) is 11.8 Å². The molecule has 26 heavy (non-hydrogen) atoms. The Morgan fingerprint density at radius 2 is 1.85 bits per heavy atom.